The smallest absolute Gasteiger partial charge is 0.299 e. The molecule has 0 fully saturated rings. The molecule has 0 atom stereocenters. The molecule has 21 heavy (non-hydrogen) atoms. The number of methoxy groups -OCH3 is 1. The monoisotopic (exact) mass is 294 g/mol. The average molecular weight is 294 g/mol. The normalized spacial score (nSPS) is 10.5. The summed E-state index contributed by atoms with van der Waals surface area (Å²) in [5.41, 5.74) is -0.352. The highest BCUT2D eigenvalue weighted by atomic mass is 19.1. The van der Waals surface area contributed by atoms with Crippen LogP contribution < -0.4 is 10.3 Å². The van der Waals surface area contributed by atoms with Gasteiger partial charge in [-0.3, -0.25) is 14.2 Å². The van der Waals surface area contributed by atoms with Crippen molar-refractivity contribution in [3.05, 3.63) is 57.5 Å². The highest BCUT2D eigenvalue weighted by molar-refractivity contribution is 5.96. The van der Waals surface area contributed by atoms with E-state index in [9.17, 15) is 18.4 Å². The third kappa shape index (κ3) is 3.13. The Kier molecular flexibility index (Phi) is 4.11. The van der Waals surface area contributed by atoms with Gasteiger partial charge in [-0.05, 0) is 19.1 Å². The van der Waals surface area contributed by atoms with Gasteiger partial charge in [0, 0.05) is 17.8 Å². The Hall–Kier alpha value is -2.57. The maximum atomic E-state index is 13.6. The largest absolute Gasteiger partial charge is 0.468 e. The third-order valence-electron chi connectivity index (χ3n) is 2.82. The lowest BCUT2D eigenvalue weighted by molar-refractivity contribution is 0.0961. The number of aryl methyl sites for hydroxylation is 1. The van der Waals surface area contributed by atoms with Crippen LogP contribution in [0.2, 0.25) is 0 Å². The molecule has 0 radical (unpaired) electrons. The van der Waals surface area contributed by atoms with E-state index in [2.05, 4.69) is 4.98 Å². The third-order valence-corrected chi connectivity index (χ3v) is 2.82. The van der Waals surface area contributed by atoms with Crippen molar-refractivity contribution in [2.45, 2.75) is 13.5 Å². The molecule has 7 heteroatoms. The van der Waals surface area contributed by atoms with Gasteiger partial charge in [-0.25, -0.2) is 13.8 Å². The lowest BCUT2D eigenvalue weighted by Gasteiger charge is -2.10. The summed E-state index contributed by atoms with van der Waals surface area (Å²) in [6.07, 6.45) is 0. The second-order valence-corrected chi connectivity index (χ2v) is 4.36. The topological polar surface area (TPSA) is 61.2 Å². The molecule has 2 aromatic rings. The van der Waals surface area contributed by atoms with Crippen LogP contribution in [0.15, 0.2) is 29.1 Å². The molecule has 1 heterocycles. The zero-order valence-electron chi connectivity index (χ0n) is 11.4. The molecule has 0 aliphatic heterocycles. The van der Waals surface area contributed by atoms with Gasteiger partial charge in [-0.2, -0.15) is 0 Å². The van der Waals surface area contributed by atoms with Crippen LogP contribution in [0.5, 0.6) is 6.01 Å². The Balaban J connectivity index is 2.38. The molecule has 0 spiro atoms. The van der Waals surface area contributed by atoms with Crippen LogP contribution in [0.4, 0.5) is 8.78 Å². The fourth-order valence-corrected chi connectivity index (χ4v) is 1.84. The predicted molar refractivity (Wildman–Crippen MR) is 70.5 cm³/mol. The Labute approximate surface area is 118 Å². The summed E-state index contributed by atoms with van der Waals surface area (Å²) in [4.78, 5) is 27.9. The van der Waals surface area contributed by atoms with Crippen LogP contribution >= 0.6 is 0 Å². The van der Waals surface area contributed by atoms with Crippen LogP contribution in [-0.2, 0) is 6.54 Å². The quantitative estimate of drug-likeness (QED) is 0.806. The first-order chi connectivity index (χ1) is 9.92. The van der Waals surface area contributed by atoms with Crippen molar-refractivity contribution in [3.8, 4) is 6.01 Å². The van der Waals surface area contributed by atoms with E-state index in [0.29, 0.717) is 11.8 Å². The molecule has 0 amide bonds. The number of Topliss-reactive ketones (excluding diaryl/α,β-unsaturated/α-hetero) is 1. The molecule has 0 aliphatic rings. The van der Waals surface area contributed by atoms with Crippen molar-refractivity contribution in [3.63, 3.8) is 0 Å². The van der Waals surface area contributed by atoms with Crippen LogP contribution in [0, 0.1) is 18.6 Å². The molecule has 1 aromatic heterocycles. The number of benzene rings is 1. The summed E-state index contributed by atoms with van der Waals surface area (Å²) < 4.78 is 32.3. The summed E-state index contributed by atoms with van der Waals surface area (Å²) in [6.45, 7) is 1.16. The minimum absolute atomic E-state index is 0.0455. The van der Waals surface area contributed by atoms with E-state index in [1.165, 1.54) is 13.2 Å². The molecule has 0 N–H and O–H groups in total. The maximum Gasteiger partial charge on any atom is 0.299 e. The van der Waals surface area contributed by atoms with Gasteiger partial charge < -0.3 is 4.74 Å². The van der Waals surface area contributed by atoms with Crippen molar-refractivity contribution in [1.82, 2.24) is 9.55 Å². The summed E-state index contributed by atoms with van der Waals surface area (Å²) in [5, 5.41) is 0. The molecular weight excluding hydrogens is 282 g/mol. The minimum atomic E-state index is -0.980. The number of hydrogen-bond acceptors (Lipinski definition) is 4. The number of ether oxygens (including phenoxy) is 1. The Morgan fingerprint density at radius 3 is 2.67 bits per heavy atom. The number of carbonyl (C=O) groups excluding carboxylic acids is 1. The van der Waals surface area contributed by atoms with Gasteiger partial charge in [0.05, 0.1) is 19.2 Å². The first-order valence-electron chi connectivity index (χ1n) is 6.03. The van der Waals surface area contributed by atoms with Gasteiger partial charge >= 0.3 is 0 Å². The van der Waals surface area contributed by atoms with Crippen molar-refractivity contribution < 1.29 is 18.3 Å². The highest BCUT2D eigenvalue weighted by Gasteiger charge is 2.16. The molecular formula is C14H12F2N2O3. The Bertz CT molecular complexity index is 756. The number of carbonyl (C=O) groups is 1. The van der Waals surface area contributed by atoms with Crippen LogP contribution in [0.3, 0.4) is 0 Å². The second-order valence-electron chi connectivity index (χ2n) is 4.36. The van der Waals surface area contributed by atoms with E-state index in [0.717, 1.165) is 16.7 Å². The predicted octanol–water partition coefficient (Wildman–Crippen LogP) is 1.72. The van der Waals surface area contributed by atoms with Crippen LogP contribution in [-0.4, -0.2) is 22.4 Å². The number of rotatable bonds is 4. The Morgan fingerprint density at radius 1 is 1.33 bits per heavy atom. The lowest BCUT2D eigenvalue weighted by atomic mass is 10.1. The van der Waals surface area contributed by atoms with E-state index < -0.39 is 29.5 Å². The van der Waals surface area contributed by atoms with Gasteiger partial charge in [0.2, 0.25) is 0 Å². The number of nitrogens with zero attached hydrogens (tertiary/aromatic N) is 2. The van der Waals surface area contributed by atoms with Crippen molar-refractivity contribution in [1.29, 1.82) is 0 Å². The molecule has 5 nitrogen and oxygen atoms in total. The summed E-state index contributed by atoms with van der Waals surface area (Å²) in [5.74, 6) is -2.44. The Morgan fingerprint density at radius 2 is 2.05 bits per heavy atom. The maximum absolute atomic E-state index is 13.6. The van der Waals surface area contributed by atoms with Crippen molar-refractivity contribution >= 4 is 5.78 Å². The number of aromatic nitrogens is 2. The zero-order valence-corrected chi connectivity index (χ0v) is 11.4. The molecule has 110 valence electrons. The van der Waals surface area contributed by atoms with E-state index in [1.807, 2.05) is 0 Å². The fraction of sp³-hybridized carbons (Fsp3) is 0.214. The van der Waals surface area contributed by atoms with Crippen LogP contribution in [0.25, 0.3) is 0 Å². The standard InChI is InChI=1S/C14H12F2N2O3/c1-8-5-13(20)18(14(17-8)21-2)7-12(19)10-4-3-9(15)6-11(10)16/h3-6H,7H2,1-2H3. The molecule has 1 aromatic carbocycles. The van der Waals surface area contributed by atoms with E-state index >= 15 is 0 Å². The average Bonchev–Trinajstić information content (AvgIpc) is 2.41. The number of halogens is 2. The van der Waals surface area contributed by atoms with Gasteiger partial charge in [0.25, 0.3) is 11.6 Å². The minimum Gasteiger partial charge on any atom is -0.468 e. The second kappa shape index (κ2) is 5.82. The molecule has 2 rings (SSSR count). The van der Waals surface area contributed by atoms with Gasteiger partial charge in [-0.15, -0.1) is 0 Å². The van der Waals surface area contributed by atoms with Gasteiger partial charge in [-0.1, -0.05) is 0 Å². The molecule has 0 saturated carbocycles. The lowest BCUT2D eigenvalue weighted by Crippen LogP contribution is -2.26. The van der Waals surface area contributed by atoms with Crippen LogP contribution in [0.1, 0.15) is 16.1 Å². The van der Waals surface area contributed by atoms with E-state index in [4.69, 9.17) is 4.74 Å². The molecule has 0 unspecified atom stereocenters. The number of hydrogen-bond donors (Lipinski definition) is 0. The van der Waals surface area contributed by atoms with Gasteiger partial charge in [0.1, 0.15) is 11.6 Å². The zero-order chi connectivity index (χ0) is 15.6. The summed E-state index contributed by atoms with van der Waals surface area (Å²) in [6, 6.07) is 3.81. The first kappa shape index (κ1) is 14.8. The number of ketones is 1. The first-order valence-corrected chi connectivity index (χ1v) is 6.03. The van der Waals surface area contributed by atoms with Crippen molar-refractivity contribution in [2.75, 3.05) is 7.11 Å². The highest BCUT2D eigenvalue weighted by Crippen LogP contribution is 2.12. The van der Waals surface area contributed by atoms with Gasteiger partial charge in [0.15, 0.2) is 5.78 Å². The SMILES string of the molecule is COc1nc(C)cc(=O)n1CC(=O)c1ccc(F)cc1F. The summed E-state index contributed by atoms with van der Waals surface area (Å²) in [7, 11) is 1.31. The molecule has 0 bridgehead atoms. The summed E-state index contributed by atoms with van der Waals surface area (Å²) >= 11 is 0. The fourth-order valence-electron chi connectivity index (χ4n) is 1.84. The van der Waals surface area contributed by atoms with E-state index in [1.54, 1.807) is 6.92 Å². The van der Waals surface area contributed by atoms with Crippen molar-refractivity contribution in [2.24, 2.45) is 0 Å². The van der Waals surface area contributed by atoms with E-state index in [-0.39, 0.29) is 11.6 Å². The molecule has 0 saturated heterocycles. The molecule has 0 aliphatic carbocycles.